The van der Waals surface area contributed by atoms with Gasteiger partial charge in [0.15, 0.2) is 0 Å². The van der Waals surface area contributed by atoms with Crippen molar-refractivity contribution in [3.8, 4) is 11.6 Å². The second-order valence-corrected chi connectivity index (χ2v) is 4.40. The molecule has 0 amide bonds. The van der Waals surface area contributed by atoms with Crippen LogP contribution in [0.3, 0.4) is 0 Å². The second-order valence-electron chi connectivity index (χ2n) is 4.40. The first-order valence-electron chi connectivity index (χ1n) is 5.86. The summed E-state index contributed by atoms with van der Waals surface area (Å²) in [6.45, 7) is 6.05. The average molecular weight is 259 g/mol. The van der Waals surface area contributed by atoms with E-state index in [4.69, 9.17) is 16.3 Å². The minimum atomic E-state index is 0.104. The number of benzene rings is 1. The van der Waals surface area contributed by atoms with Crippen molar-refractivity contribution >= 4 is 11.8 Å². The molecule has 5 N–H and O–H groups in total. The first-order chi connectivity index (χ1) is 8.99. The molecule has 1 aromatic heterocycles. The van der Waals surface area contributed by atoms with Crippen molar-refractivity contribution in [2.45, 2.75) is 20.8 Å². The predicted molar refractivity (Wildman–Crippen MR) is 75.0 cm³/mol. The third-order valence-corrected chi connectivity index (χ3v) is 2.85. The van der Waals surface area contributed by atoms with Crippen LogP contribution >= 0.6 is 0 Å². The van der Waals surface area contributed by atoms with E-state index >= 15 is 0 Å². The van der Waals surface area contributed by atoms with E-state index in [1.54, 1.807) is 6.07 Å². The Balaban J connectivity index is 2.38. The Morgan fingerprint density at radius 3 is 2.53 bits per heavy atom. The second kappa shape index (κ2) is 5.11. The fourth-order valence-electron chi connectivity index (χ4n) is 1.79. The van der Waals surface area contributed by atoms with Gasteiger partial charge in [0.2, 0.25) is 11.8 Å². The van der Waals surface area contributed by atoms with Gasteiger partial charge in [-0.05, 0) is 43.5 Å². The van der Waals surface area contributed by atoms with E-state index in [1.165, 1.54) is 0 Å². The highest BCUT2D eigenvalue weighted by Gasteiger charge is 2.08. The molecule has 0 saturated heterocycles. The maximum absolute atomic E-state index is 5.77. The first kappa shape index (κ1) is 13.1. The van der Waals surface area contributed by atoms with Crippen molar-refractivity contribution in [3.63, 3.8) is 0 Å². The molecule has 0 aliphatic rings. The van der Waals surface area contributed by atoms with Crippen molar-refractivity contribution in [1.82, 2.24) is 9.97 Å². The number of rotatable bonds is 3. The van der Waals surface area contributed by atoms with Crippen LogP contribution in [0.15, 0.2) is 18.2 Å². The van der Waals surface area contributed by atoms with Gasteiger partial charge in [-0.25, -0.2) is 5.84 Å². The Hall–Kier alpha value is -2.34. The van der Waals surface area contributed by atoms with E-state index in [9.17, 15) is 0 Å². The van der Waals surface area contributed by atoms with Crippen LogP contribution in [0.25, 0.3) is 0 Å². The third-order valence-electron chi connectivity index (χ3n) is 2.85. The number of ether oxygens (including phenoxy) is 1. The van der Waals surface area contributed by atoms with Crippen LogP contribution in [0, 0.1) is 20.8 Å². The number of hydrazine groups is 1. The Morgan fingerprint density at radius 2 is 1.84 bits per heavy atom. The van der Waals surface area contributed by atoms with E-state index < -0.39 is 0 Å². The van der Waals surface area contributed by atoms with Gasteiger partial charge in [-0.1, -0.05) is 6.07 Å². The maximum atomic E-state index is 5.77. The number of anilines is 2. The van der Waals surface area contributed by atoms with Crippen LogP contribution in [0.2, 0.25) is 0 Å². The molecule has 2 rings (SSSR count). The molecule has 0 aliphatic carbocycles. The highest BCUT2D eigenvalue weighted by molar-refractivity contribution is 5.46. The maximum Gasteiger partial charge on any atom is 0.226 e. The van der Waals surface area contributed by atoms with Crippen molar-refractivity contribution < 1.29 is 4.74 Å². The minimum Gasteiger partial charge on any atom is -0.438 e. The third kappa shape index (κ3) is 2.92. The van der Waals surface area contributed by atoms with Crippen LogP contribution in [0.1, 0.15) is 16.7 Å². The number of hydrogen-bond acceptors (Lipinski definition) is 6. The normalized spacial score (nSPS) is 10.3. The Bertz CT molecular complexity index is 612. The lowest BCUT2D eigenvalue weighted by atomic mass is 10.1. The summed E-state index contributed by atoms with van der Waals surface area (Å²) in [7, 11) is 0. The summed E-state index contributed by atoms with van der Waals surface area (Å²) in [4.78, 5) is 7.93. The molecule has 0 aliphatic heterocycles. The Labute approximate surface area is 111 Å². The highest BCUT2D eigenvalue weighted by atomic mass is 16.5. The highest BCUT2D eigenvalue weighted by Crippen LogP contribution is 2.28. The van der Waals surface area contributed by atoms with E-state index in [-0.39, 0.29) is 5.95 Å². The molecule has 1 aromatic carbocycles. The number of nitrogen functional groups attached to an aromatic ring is 2. The van der Waals surface area contributed by atoms with E-state index in [0.29, 0.717) is 11.7 Å². The lowest BCUT2D eigenvalue weighted by molar-refractivity contribution is 0.458. The van der Waals surface area contributed by atoms with E-state index in [0.717, 1.165) is 22.4 Å². The van der Waals surface area contributed by atoms with E-state index in [1.807, 2.05) is 26.8 Å². The largest absolute Gasteiger partial charge is 0.438 e. The van der Waals surface area contributed by atoms with Crippen LogP contribution in [-0.4, -0.2) is 9.97 Å². The topological polar surface area (TPSA) is 99.1 Å². The first-order valence-corrected chi connectivity index (χ1v) is 5.86. The van der Waals surface area contributed by atoms with Crippen molar-refractivity contribution in [2.75, 3.05) is 11.2 Å². The summed E-state index contributed by atoms with van der Waals surface area (Å²) in [6, 6.07) is 5.65. The van der Waals surface area contributed by atoms with Gasteiger partial charge in [-0.15, -0.1) is 0 Å². The van der Waals surface area contributed by atoms with Gasteiger partial charge in [0, 0.05) is 6.07 Å². The molecule has 0 spiro atoms. The summed E-state index contributed by atoms with van der Waals surface area (Å²) in [6.07, 6.45) is 0. The van der Waals surface area contributed by atoms with Gasteiger partial charge in [-0.2, -0.15) is 9.97 Å². The molecular weight excluding hydrogens is 242 g/mol. The summed E-state index contributed by atoms with van der Waals surface area (Å²) < 4.78 is 5.77. The van der Waals surface area contributed by atoms with Crippen molar-refractivity contribution in [1.29, 1.82) is 0 Å². The zero-order valence-corrected chi connectivity index (χ0v) is 11.2. The molecular formula is C13H17N5O. The monoisotopic (exact) mass is 259 g/mol. The number of nitrogens with one attached hydrogen (secondary N) is 1. The van der Waals surface area contributed by atoms with Gasteiger partial charge in [0.1, 0.15) is 11.6 Å². The summed E-state index contributed by atoms with van der Waals surface area (Å²) in [5.41, 5.74) is 11.4. The number of hydrogen-bond donors (Lipinski definition) is 3. The molecule has 0 saturated carbocycles. The van der Waals surface area contributed by atoms with Crippen molar-refractivity contribution in [2.24, 2.45) is 5.84 Å². The van der Waals surface area contributed by atoms with Crippen LogP contribution in [0.5, 0.6) is 11.6 Å². The molecule has 0 bridgehead atoms. The molecule has 0 unspecified atom stereocenters. The van der Waals surface area contributed by atoms with Gasteiger partial charge in [-0.3, -0.25) is 0 Å². The predicted octanol–water partition coefficient (Wildman–Crippen LogP) is 2.06. The number of aryl methyl sites for hydroxylation is 2. The summed E-state index contributed by atoms with van der Waals surface area (Å²) >= 11 is 0. The Morgan fingerprint density at radius 1 is 1.11 bits per heavy atom. The zero-order chi connectivity index (χ0) is 14.0. The van der Waals surface area contributed by atoms with Gasteiger partial charge < -0.3 is 15.9 Å². The van der Waals surface area contributed by atoms with Gasteiger partial charge in [0.25, 0.3) is 0 Å². The lowest BCUT2D eigenvalue weighted by Gasteiger charge is -2.12. The van der Waals surface area contributed by atoms with Gasteiger partial charge in [0.05, 0.1) is 0 Å². The SMILES string of the molecule is Cc1cc(C)c(C)c(Oc2cc(NN)nc(N)n2)c1. The fourth-order valence-corrected chi connectivity index (χ4v) is 1.79. The zero-order valence-electron chi connectivity index (χ0n) is 11.2. The van der Waals surface area contributed by atoms with Crippen LogP contribution in [-0.2, 0) is 0 Å². The minimum absolute atomic E-state index is 0.104. The summed E-state index contributed by atoms with van der Waals surface area (Å²) in [5, 5.41) is 0. The van der Waals surface area contributed by atoms with Crippen LogP contribution in [0.4, 0.5) is 11.8 Å². The molecule has 6 nitrogen and oxygen atoms in total. The molecule has 100 valence electrons. The molecule has 1 heterocycles. The van der Waals surface area contributed by atoms with Crippen LogP contribution < -0.4 is 21.7 Å². The smallest absolute Gasteiger partial charge is 0.226 e. The average Bonchev–Trinajstić information content (AvgIpc) is 2.34. The molecule has 2 aromatic rings. The number of nitrogens with zero attached hydrogens (tertiary/aromatic N) is 2. The molecule has 0 radical (unpaired) electrons. The quantitative estimate of drug-likeness (QED) is 0.576. The lowest BCUT2D eigenvalue weighted by Crippen LogP contribution is -2.10. The molecule has 6 heteroatoms. The number of nitrogens with two attached hydrogens (primary N) is 2. The van der Waals surface area contributed by atoms with E-state index in [2.05, 4.69) is 21.5 Å². The number of aromatic nitrogens is 2. The van der Waals surface area contributed by atoms with Crippen molar-refractivity contribution in [3.05, 3.63) is 34.9 Å². The fraction of sp³-hybridized carbons (Fsp3) is 0.231. The molecule has 19 heavy (non-hydrogen) atoms. The molecule has 0 atom stereocenters. The van der Waals surface area contributed by atoms with Gasteiger partial charge >= 0.3 is 0 Å². The standard InChI is InChI=1S/C13H17N5O/c1-7-4-8(2)9(3)10(5-7)19-12-6-11(18-15)16-13(14)17-12/h4-6H,15H2,1-3H3,(H3,14,16,17,18). The Kier molecular flexibility index (Phi) is 3.52. The molecule has 0 fully saturated rings. The summed E-state index contributed by atoms with van der Waals surface area (Å²) in [5.74, 6) is 6.92.